The number of phosphoric acid groups is 1. The molecule has 0 heterocycles. The maximum atomic E-state index is 12.5. The zero-order valence-electron chi connectivity index (χ0n) is 31.0. The third-order valence-corrected chi connectivity index (χ3v) is 8.56. The van der Waals surface area contributed by atoms with Crippen LogP contribution in [-0.4, -0.2) is 60.5 Å². The van der Waals surface area contributed by atoms with Crippen LogP contribution in [0.5, 0.6) is 0 Å². The van der Waals surface area contributed by atoms with E-state index in [-0.39, 0.29) is 38.7 Å². The average Bonchev–Trinajstić information content (AvgIpc) is 3.10. The molecule has 11 heteroatoms. The third kappa shape index (κ3) is 34.1. The van der Waals surface area contributed by atoms with E-state index in [9.17, 15) is 24.2 Å². The SMILES string of the molecule is CCCCCCCCCCCCCC(=O)OC[C@H](COP(=O)(O)OCCN)OC(=O)CCC/C=C\C/C=C\C/C=C\C/C=C\C=C\[C@H](O)CC. The Bertz CT molecular complexity index is 1030. The standard InChI is InChI=1S/C39H68NO9P/c1-3-5-6-7-8-9-14-18-21-24-27-30-38(42)46-34-37(35-48-50(44,45)47-33-32-40)49-39(43)31-28-25-22-19-16-13-11-10-12-15-17-20-23-26-29-36(41)4-2/h11-13,15,19-20,22-23,26,29,36-37,41H,3-10,14,16-18,21,24-25,27-28,30-35,40H2,1-2H3,(H,44,45)/b13-11-,15-12-,22-19-,23-20-,29-26+/t36-,37-/m1/s1. The third-order valence-electron chi connectivity index (χ3n) is 7.58. The number of rotatable bonds is 34. The van der Waals surface area contributed by atoms with Crippen LogP contribution >= 0.6 is 7.82 Å². The number of phosphoric ester groups is 1. The summed E-state index contributed by atoms with van der Waals surface area (Å²) < 4.78 is 32.5. The normalized spacial score (nSPS) is 14.7. The van der Waals surface area contributed by atoms with Crippen molar-refractivity contribution in [2.45, 2.75) is 148 Å². The van der Waals surface area contributed by atoms with Crippen LogP contribution < -0.4 is 5.73 Å². The minimum atomic E-state index is -4.39. The van der Waals surface area contributed by atoms with Crippen LogP contribution in [0.2, 0.25) is 0 Å². The van der Waals surface area contributed by atoms with E-state index in [0.29, 0.717) is 19.3 Å². The van der Waals surface area contributed by atoms with Crippen LogP contribution in [0, 0.1) is 0 Å². The number of nitrogens with two attached hydrogens (primary N) is 1. The van der Waals surface area contributed by atoms with Crippen LogP contribution in [0.3, 0.4) is 0 Å². The second-order valence-electron chi connectivity index (χ2n) is 12.3. The van der Waals surface area contributed by atoms with Crippen LogP contribution in [0.1, 0.15) is 136 Å². The molecule has 0 saturated heterocycles. The molecule has 0 aliphatic rings. The number of aliphatic hydroxyl groups is 1. The van der Waals surface area contributed by atoms with Gasteiger partial charge in [0.05, 0.1) is 19.3 Å². The Hall–Kier alpha value is -2.33. The first kappa shape index (κ1) is 47.7. The fraction of sp³-hybridized carbons (Fsp3) is 0.692. The molecule has 0 aromatic heterocycles. The second-order valence-corrected chi connectivity index (χ2v) is 13.7. The quantitative estimate of drug-likeness (QED) is 0.0192. The van der Waals surface area contributed by atoms with Gasteiger partial charge in [-0.25, -0.2) is 4.57 Å². The van der Waals surface area contributed by atoms with Crippen LogP contribution in [0.15, 0.2) is 60.8 Å². The highest BCUT2D eigenvalue weighted by molar-refractivity contribution is 7.47. The first-order valence-electron chi connectivity index (χ1n) is 18.9. The van der Waals surface area contributed by atoms with Crippen molar-refractivity contribution in [3.63, 3.8) is 0 Å². The van der Waals surface area contributed by atoms with Gasteiger partial charge in [-0.05, 0) is 44.9 Å². The number of esters is 2. The molecule has 0 radical (unpaired) electrons. The monoisotopic (exact) mass is 725 g/mol. The summed E-state index contributed by atoms with van der Waals surface area (Å²) in [6.45, 7) is 3.29. The molecule has 0 spiro atoms. The van der Waals surface area contributed by atoms with Gasteiger partial charge in [0.25, 0.3) is 0 Å². The Morgan fingerprint density at radius 2 is 1.26 bits per heavy atom. The maximum absolute atomic E-state index is 12.5. The van der Waals surface area contributed by atoms with Gasteiger partial charge in [0.15, 0.2) is 6.10 Å². The first-order chi connectivity index (χ1) is 24.2. The summed E-state index contributed by atoms with van der Waals surface area (Å²) in [5, 5.41) is 9.45. The highest BCUT2D eigenvalue weighted by Crippen LogP contribution is 2.43. The van der Waals surface area contributed by atoms with E-state index >= 15 is 0 Å². The smallest absolute Gasteiger partial charge is 0.462 e. The molecule has 0 aliphatic heterocycles. The summed E-state index contributed by atoms with van der Waals surface area (Å²) in [5.41, 5.74) is 5.32. The van der Waals surface area contributed by atoms with Crippen LogP contribution in [0.4, 0.5) is 0 Å². The van der Waals surface area contributed by atoms with Crippen molar-refractivity contribution in [3.05, 3.63) is 60.8 Å². The van der Waals surface area contributed by atoms with E-state index < -0.39 is 32.5 Å². The molecule has 288 valence electrons. The van der Waals surface area contributed by atoms with Gasteiger partial charge in [-0.15, -0.1) is 0 Å². The Labute approximate surface area is 302 Å². The fourth-order valence-electron chi connectivity index (χ4n) is 4.62. The van der Waals surface area contributed by atoms with E-state index in [2.05, 4.69) is 31.2 Å². The predicted molar refractivity (Wildman–Crippen MR) is 202 cm³/mol. The minimum Gasteiger partial charge on any atom is -0.462 e. The fourth-order valence-corrected chi connectivity index (χ4v) is 5.39. The minimum absolute atomic E-state index is 0.0365. The number of allylic oxidation sites excluding steroid dienone is 9. The van der Waals surface area contributed by atoms with Gasteiger partial charge in [-0.2, -0.15) is 0 Å². The topological polar surface area (TPSA) is 155 Å². The van der Waals surface area contributed by atoms with Crippen molar-refractivity contribution in [2.24, 2.45) is 5.73 Å². The highest BCUT2D eigenvalue weighted by atomic mass is 31.2. The maximum Gasteiger partial charge on any atom is 0.472 e. The number of carbonyl (C=O) groups is 2. The van der Waals surface area contributed by atoms with Gasteiger partial charge in [-0.3, -0.25) is 18.6 Å². The molecular formula is C39H68NO9P. The number of carbonyl (C=O) groups excluding carboxylic acids is 2. The van der Waals surface area contributed by atoms with E-state index in [1.807, 2.05) is 37.3 Å². The summed E-state index contributed by atoms with van der Waals surface area (Å²) in [6, 6.07) is 0. The molecule has 0 bridgehead atoms. The molecular weight excluding hydrogens is 657 g/mol. The van der Waals surface area contributed by atoms with E-state index in [1.165, 1.54) is 51.4 Å². The number of hydrogen-bond acceptors (Lipinski definition) is 9. The number of aliphatic hydroxyl groups excluding tert-OH is 1. The summed E-state index contributed by atoms with van der Waals surface area (Å²) >= 11 is 0. The first-order valence-corrected chi connectivity index (χ1v) is 20.4. The van der Waals surface area contributed by atoms with Crippen molar-refractivity contribution in [2.75, 3.05) is 26.4 Å². The Morgan fingerprint density at radius 1 is 0.700 bits per heavy atom. The zero-order valence-corrected chi connectivity index (χ0v) is 31.9. The molecule has 50 heavy (non-hydrogen) atoms. The summed E-state index contributed by atoms with van der Waals surface area (Å²) in [7, 11) is -4.39. The molecule has 10 nitrogen and oxygen atoms in total. The molecule has 0 fully saturated rings. The molecule has 0 aromatic rings. The van der Waals surface area contributed by atoms with Crippen molar-refractivity contribution < 1.29 is 42.7 Å². The molecule has 0 aliphatic carbocycles. The highest BCUT2D eigenvalue weighted by Gasteiger charge is 2.25. The lowest BCUT2D eigenvalue weighted by Crippen LogP contribution is -2.29. The van der Waals surface area contributed by atoms with Crippen molar-refractivity contribution in [1.29, 1.82) is 0 Å². The predicted octanol–water partition coefficient (Wildman–Crippen LogP) is 9.13. The van der Waals surface area contributed by atoms with Gasteiger partial charge in [-0.1, -0.05) is 139 Å². The number of hydrogen-bond donors (Lipinski definition) is 3. The number of ether oxygens (including phenoxy) is 2. The zero-order chi connectivity index (χ0) is 37.0. The molecule has 4 N–H and O–H groups in total. The summed E-state index contributed by atoms with van der Waals surface area (Å²) in [5.74, 6) is -0.922. The Kier molecular flexibility index (Phi) is 33.5. The molecule has 0 rings (SSSR count). The summed E-state index contributed by atoms with van der Waals surface area (Å²) in [6.07, 6.45) is 36.4. The molecule has 0 saturated carbocycles. The molecule has 1 unspecified atom stereocenters. The van der Waals surface area contributed by atoms with E-state index in [1.54, 1.807) is 6.08 Å². The largest absolute Gasteiger partial charge is 0.472 e. The average molecular weight is 726 g/mol. The van der Waals surface area contributed by atoms with Gasteiger partial charge in [0.2, 0.25) is 0 Å². The Morgan fingerprint density at radius 3 is 1.86 bits per heavy atom. The molecule has 3 atom stereocenters. The van der Waals surface area contributed by atoms with Gasteiger partial charge in [0, 0.05) is 19.4 Å². The van der Waals surface area contributed by atoms with Gasteiger partial charge in [0.1, 0.15) is 6.61 Å². The van der Waals surface area contributed by atoms with Gasteiger partial charge < -0.3 is 25.2 Å². The lowest BCUT2D eigenvalue weighted by Gasteiger charge is -2.19. The lowest BCUT2D eigenvalue weighted by molar-refractivity contribution is -0.161. The van der Waals surface area contributed by atoms with E-state index in [0.717, 1.165) is 38.5 Å². The lowest BCUT2D eigenvalue weighted by atomic mass is 10.1. The van der Waals surface area contributed by atoms with Crippen molar-refractivity contribution in [1.82, 2.24) is 0 Å². The van der Waals surface area contributed by atoms with Crippen molar-refractivity contribution >= 4 is 19.8 Å². The second kappa shape index (κ2) is 35.1. The van der Waals surface area contributed by atoms with Gasteiger partial charge >= 0.3 is 19.8 Å². The molecule has 0 aromatic carbocycles. The van der Waals surface area contributed by atoms with Crippen LogP contribution in [-0.2, 0) is 32.7 Å². The van der Waals surface area contributed by atoms with Crippen molar-refractivity contribution in [3.8, 4) is 0 Å². The Balaban J connectivity index is 4.37. The molecule has 0 amide bonds. The van der Waals surface area contributed by atoms with Crippen LogP contribution in [0.25, 0.3) is 0 Å². The van der Waals surface area contributed by atoms with E-state index in [4.69, 9.17) is 24.3 Å². The summed E-state index contributed by atoms with van der Waals surface area (Å²) in [4.78, 5) is 34.6. The number of unbranched alkanes of at least 4 members (excludes halogenated alkanes) is 11.